The van der Waals surface area contributed by atoms with Crippen molar-refractivity contribution < 1.29 is 4.74 Å². The first-order valence-corrected chi connectivity index (χ1v) is 5.85. The van der Waals surface area contributed by atoms with Gasteiger partial charge in [0, 0.05) is 7.11 Å². The molecule has 3 heteroatoms. The summed E-state index contributed by atoms with van der Waals surface area (Å²) in [6.07, 6.45) is 6.68. The van der Waals surface area contributed by atoms with E-state index < -0.39 is 0 Å². The second-order valence-corrected chi connectivity index (χ2v) is 4.59. The van der Waals surface area contributed by atoms with Crippen molar-refractivity contribution in [3.63, 3.8) is 0 Å². The first-order valence-electron chi connectivity index (χ1n) is 5.85. The first kappa shape index (κ1) is 12.7. The molecular weight excluding hydrogens is 188 g/mol. The molecule has 0 aromatic rings. The van der Waals surface area contributed by atoms with E-state index in [1.807, 2.05) is 6.92 Å². The zero-order valence-corrected chi connectivity index (χ0v) is 9.96. The highest BCUT2D eigenvalue weighted by molar-refractivity contribution is 5.06. The summed E-state index contributed by atoms with van der Waals surface area (Å²) in [6.45, 7) is 5.97. The second-order valence-electron chi connectivity index (χ2n) is 4.59. The average molecular weight is 212 g/mol. The normalized spacial score (nSPS) is 22.3. The number of nitrogens with two attached hydrogens (primary N) is 1. The molecule has 1 aliphatic carbocycles. The molecule has 0 radical (unpaired) electrons. The largest absolute Gasteiger partial charge is 0.379 e. The summed E-state index contributed by atoms with van der Waals surface area (Å²) in [7, 11) is 1.77. The molecule has 1 rings (SSSR count). The van der Waals surface area contributed by atoms with Crippen molar-refractivity contribution in [3.05, 3.63) is 12.2 Å². The van der Waals surface area contributed by atoms with E-state index in [9.17, 15) is 0 Å². The maximum Gasteiger partial charge on any atom is 0.0803 e. The van der Waals surface area contributed by atoms with Gasteiger partial charge in [-0.25, -0.2) is 0 Å². The van der Waals surface area contributed by atoms with Gasteiger partial charge in [0.25, 0.3) is 0 Å². The predicted octanol–water partition coefficient (Wildman–Crippen LogP) is 1.99. The monoisotopic (exact) mass is 212 g/mol. The molecule has 3 nitrogen and oxygen atoms in total. The van der Waals surface area contributed by atoms with E-state index in [-0.39, 0.29) is 12.1 Å². The zero-order valence-electron chi connectivity index (χ0n) is 9.96. The van der Waals surface area contributed by atoms with Crippen molar-refractivity contribution in [2.24, 2.45) is 11.8 Å². The van der Waals surface area contributed by atoms with Crippen molar-refractivity contribution in [2.45, 2.75) is 51.2 Å². The molecule has 1 aliphatic rings. The molecule has 0 spiro atoms. The molecule has 0 heterocycles. The highest BCUT2D eigenvalue weighted by Gasteiger charge is 2.30. The summed E-state index contributed by atoms with van der Waals surface area (Å²) in [5.41, 5.74) is 3.88. The Bertz CT molecular complexity index is 200. The lowest BCUT2D eigenvalue weighted by Gasteiger charge is -2.34. The molecule has 0 amide bonds. The van der Waals surface area contributed by atoms with Crippen LogP contribution in [0.2, 0.25) is 0 Å². The number of nitrogens with one attached hydrogen (secondary N) is 1. The maximum absolute atomic E-state index is 5.60. The van der Waals surface area contributed by atoms with Crippen LogP contribution >= 0.6 is 0 Å². The van der Waals surface area contributed by atoms with E-state index >= 15 is 0 Å². The highest BCUT2D eigenvalue weighted by Crippen LogP contribution is 2.30. The fourth-order valence-corrected chi connectivity index (χ4v) is 2.58. The van der Waals surface area contributed by atoms with Gasteiger partial charge >= 0.3 is 0 Å². The van der Waals surface area contributed by atoms with Gasteiger partial charge in [-0.3, -0.25) is 11.3 Å². The van der Waals surface area contributed by atoms with Gasteiger partial charge in [-0.2, -0.15) is 0 Å². The summed E-state index contributed by atoms with van der Waals surface area (Å²) in [5.74, 6) is 6.19. The van der Waals surface area contributed by atoms with Crippen LogP contribution in [0.1, 0.15) is 39.0 Å². The van der Waals surface area contributed by atoms with Gasteiger partial charge in [0.1, 0.15) is 0 Å². The van der Waals surface area contributed by atoms with Gasteiger partial charge in [0.2, 0.25) is 0 Å². The molecular formula is C12H24N2O. The van der Waals surface area contributed by atoms with Crippen LogP contribution in [0.15, 0.2) is 12.2 Å². The summed E-state index contributed by atoms with van der Waals surface area (Å²) in [5, 5.41) is 0. The molecule has 2 unspecified atom stereocenters. The topological polar surface area (TPSA) is 47.3 Å². The number of hydrazine groups is 1. The van der Waals surface area contributed by atoms with Crippen LogP contribution in [0.3, 0.4) is 0 Å². The van der Waals surface area contributed by atoms with Crippen molar-refractivity contribution in [3.8, 4) is 0 Å². The SMILES string of the molecule is C=C(C)C(NN)C(OC)C1CCCCC1. The molecule has 2 atom stereocenters. The third-order valence-electron chi connectivity index (χ3n) is 3.43. The van der Waals surface area contributed by atoms with Crippen molar-refractivity contribution in [2.75, 3.05) is 7.11 Å². The average Bonchev–Trinajstić information content (AvgIpc) is 2.26. The Balaban J connectivity index is 2.62. The van der Waals surface area contributed by atoms with Crippen molar-refractivity contribution >= 4 is 0 Å². The van der Waals surface area contributed by atoms with Crippen molar-refractivity contribution in [1.82, 2.24) is 5.43 Å². The van der Waals surface area contributed by atoms with Crippen LogP contribution < -0.4 is 11.3 Å². The Morgan fingerprint density at radius 1 is 1.40 bits per heavy atom. The molecule has 0 aliphatic heterocycles. The maximum atomic E-state index is 5.60. The molecule has 0 aromatic heterocycles. The van der Waals surface area contributed by atoms with E-state index in [1.165, 1.54) is 32.1 Å². The fourth-order valence-electron chi connectivity index (χ4n) is 2.58. The summed E-state index contributed by atoms with van der Waals surface area (Å²) in [6, 6.07) is 0.0816. The minimum absolute atomic E-state index is 0.0816. The number of hydrogen-bond acceptors (Lipinski definition) is 3. The molecule has 15 heavy (non-hydrogen) atoms. The van der Waals surface area contributed by atoms with Crippen LogP contribution in [0.25, 0.3) is 0 Å². The second kappa shape index (κ2) is 6.26. The Hall–Kier alpha value is -0.380. The molecule has 88 valence electrons. The van der Waals surface area contributed by atoms with Crippen LogP contribution in [0.5, 0.6) is 0 Å². The lowest BCUT2D eigenvalue weighted by Crippen LogP contribution is -2.49. The standard InChI is InChI=1S/C12H24N2O/c1-9(2)11(14-13)12(15-3)10-7-5-4-6-8-10/h10-12,14H,1,4-8,13H2,2-3H3. The van der Waals surface area contributed by atoms with E-state index in [4.69, 9.17) is 10.6 Å². The minimum Gasteiger partial charge on any atom is -0.379 e. The van der Waals surface area contributed by atoms with Crippen LogP contribution in [0, 0.1) is 5.92 Å². The minimum atomic E-state index is 0.0816. The molecule has 0 aromatic carbocycles. The summed E-state index contributed by atoms with van der Waals surface area (Å²) >= 11 is 0. The first-order chi connectivity index (χ1) is 7.20. The lowest BCUT2D eigenvalue weighted by molar-refractivity contribution is 0.0171. The lowest BCUT2D eigenvalue weighted by atomic mass is 9.81. The summed E-state index contributed by atoms with van der Waals surface area (Å²) < 4.78 is 5.60. The van der Waals surface area contributed by atoms with Gasteiger partial charge in [0.05, 0.1) is 12.1 Å². The van der Waals surface area contributed by atoms with E-state index in [0.29, 0.717) is 5.92 Å². The zero-order chi connectivity index (χ0) is 11.3. The molecule has 0 bridgehead atoms. The highest BCUT2D eigenvalue weighted by atomic mass is 16.5. The molecule has 1 saturated carbocycles. The Kier molecular flexibility index (Phi) is 5.29. The number of methoxy groups -OCH3 is 1. The summed E-state index contributed by atoms with van der Waals surface area (Å²) in [4.78, 5) is 0. The Morgan fingerprint density at radius 2 is 2.00 bits per heavy atom. The van der Waals surface area contributed by atoms with Crippen LogP contribution in [-0.2, 0) is 4.74 Å². The Morgan fingerprint density at radius 3 is 2.40 bits per heavy atom. The van der Waals surface area contributed by atoms with Gasteiger partial charge in [0.15, 0.2) is 0 Å². The number of rotatable bonds is 5. The third-order valence-corrected chi connectivity index (χ3v) is 3.43. The molecule has 0 saturated heterocycles. The molecule has 3 N–H and O–H groups in total. The quantitative estimate of drug-likeness (QED) is 0.416. The van der Waals surface area contributed by atoms with Gasteiger partial charge < -0.3 is 4.74 Å². The van der Waals surface area contributed by atoms with Gasteiger partial charge in [-0.15, -0.1) is 0 Å². The number of ether oxygens (including phenoxy) is 1. The molecule has 1 fully saturated rings. The van der Waals surface area contributed by atoms with Crippen LogP contribution in [-0.4, -0.2) is 19.3 Å². The fraction of sp³-hybridized carbons (Fsp3) is 0.833. The smallest absolute Gasteiger partial charge is 0.0803 e. The predicted molar refractivity (Wildman–Crippen MR) is 63.3 cm³/mol. The van der Waals surface area contributed by atoms with Crippen LogP contribution in [0.4, 0.5) is 0 Å². The van der Waals surface area contributed by atoms with Gasteiger partial charge in [-0.05, 0) is 25.7 Å². The Labute approximate surface area is 93.0 Å². The van der Waals surface area contributed by atoms with E-state index in [0.717, 1.165) is 5.57 Å². The van der Waals surface area contributed by atoms with E-state index in [2.05, 4.69) is 12.0 Å². The third kappa shape index (κ3) is 3.30. The van der Waals surface area contributed by atoms with E-state index in [1.54, 1.807) is 7.11 Å². The van der Waals surface area contributed by atoms with Gasteiger partial charge in [-0.1, -0.05) is 31.4 Å². The number of hydrogen-bond donors (Lipinski definition) is 2. The van der Waals surface area contributed by atoms with Crippen molar-refractivity contribution in [1.29, 1.82) is 0 Å².